The normalized spacial score (nSPS) is 10.4. The minimum atomic E-state index is -0.116. The first-order valence-corrected chi connectivity index (χ1v) is 9.49. The quantitative estimate of drug-likeness (QED) is 0.545. The van der Waals surface area contributed by atoms with E-state index in [9.17, 15) is 9.59 Å². The first-order valence-electron chi connectivity index (χ1n) is 8.61. The number of methoxy groups -OCH3 is 1. The number of carbonyl (C=O) groups is 2. The Balaban J connectivity index is 1.76. The van der Waals surface area contributed by atoms with Crippen LogP contribution in [0.3, 0.4) is 0 Å². The first-order chi connectivity index (χ1) is 13.5. The van der Waals surface area contributed by atoms with Crippen LogP contribution in [0.5, 0.6) is 11.5 Å². The van der Waals surface area contributed by atoms with Gasteiger partial charge in [0.15, 0.2) is 22.4 Å². The number of para-hydroxylation sites is 1. The van der Waals surface area contributed by atoms with Crippen LogP contribution in [-0.2, 0) is 11.4 Å². The highest BCUT2D eigenvalue weighted by Crippen LogP contribution is 2.31. The van der Waals surface area contributed by atoms with Gasteiger partial charge in [0.2, 0.25) is 5.91 Å². The Morgan fingerprint density at radius 3 is 2.46 bits per heavy atom. The van der Waals surface area contributed by atoms with E-state index in [0.29, 0.717) is 27.9 Å². The zero-order chi connectivity index (χ0) is 20.1. The Kier molecular flexibility index (Phi) is 6.06. The summed E-state index contributed by atoms with van der Waals surface area (Å²) in [4.78, 5) is 29.7. The number of benzene rings is 2. The summed E-state index contributed by atoms with van der Waals surface area (Å²) in [7, 11) is 1.53. The molecular weight excluding hydrogens is 376 g/mol. The van der Waals surface area contributed by atoms with E-state index in [0.717, 1.165) is 5.69 Å². The molecule has 2 aromatic carbocycles. The van der Waals surface area contributed by atoms with Crippen LogP contribution in [-0.4, -0.2) is 23.8 Å². The summed E-state index contributed by atoms with van der Waals surface area (Å²) >= 11 is 1.37. The molecule has 3 rings (SSSR count). The van der Waals surface area contributed by atoms with Crippen molar-refractivity contribution in [1.82, 2.24) is 4.98 Å². The van der Waals surface area contributed by atoms with Gasteiger partial charge in [-0.1, -0.05) is 18.2 Å². The van der Waals surface area contributed by atoms with Gasteiger partial charge in [0.25, 0.3) is 0 Å². The highest BCUT2D eigenvalue weighted by Gasteiger charge is 2.18. The molecule has 0 aliphatic heterocycles. The lowest BCUT2D eigenvalue weighted by molar-refractivity contribution is -0.115. The van der Waals surface area contributed by atoms with E-state index < -0.39 is 0 Å². The number of anilines is 2. The van der Waals surface area contributed by atoms with Crippen molar-refractivity contribution in [3.05, 3.63) is 65.2 Å². The predicted molar refractivity (Wildman–Crippen MR) is 109 cm³/mol. The number of ether oxygens (including phenoxy) is 2. The van der Waals surface area contributed by atoms with Crippen molar-refractivity contribution >= 4 is 33.8 Å². The number of amides is 1. The second-order valence-electron chi connectivity index (χ2n) is 6.02. The number of hydrogen-bond acceptors (Lipinski definition) is 6. The second-order valence-corrected chi connectivity index (χ2v) is 6.86. The number of aromatic nitrogens is 1. The van der Waals surface area contributed by atoms with E-state index >= 15 is 0 Å². The number of Topliss-reactive ketones (excluding diaryl/α,β-unsaturated/α-hetero) is 1. The third-order valence-corrected chi connectivity index (χ3v) is 4.88. The molecule has 0 N–H and O–H groups in total. The number of carbonyl (C=O) groups excluding carboxylic acids is 2. The lowest BCUT2D eigenvalue weighted by Gasteiger charge is -2.17. The molecule has 1 aromatic heterocycles. The van der Waals surface area contributed by atoms with Crippen LogP contribution in [0.1, 0.15) is 29.9 Å². The van der Waals surface area contributed by atoms with Crippen molar-refractivity contribution in [2.75, 3.05) is 12.0 Å². The summed E-state index contributed by atoms with van der Waals surface area (Å²) in [5.41, 5.74) is 2.01. The van der Waals surface area contributed by atoms with Gasteiger partial charge in [0.05, 0.1) is 18.5 Å². The molecule has 0 atom stereocenters. The molecule has 0 aliphatic carbocycles. The summed E-state index contributed by atoms with van der Waals surface area (Å²) in [5.74, 6) is 0.847. The highest BCUT2D eigenvalue weighted by atomic mass is 32.1. The molecule has 0 radical (unpaired) electrons. The predicted octanol–water partition coefficient (Wildman–Crippen LogP) is 4.62. The lowest BCUT2D eigenvalue weighted by atomic mass is 10.1. The van der Waals surface area contributed by atoms with Crippen LogP contribution in [0, 0.1) is 0 Å². The molecule has 144 valence electrons. The third kappa shape index (κ3) is 4.37. The van der Waals surface area contributed by atoms with Crippen LogP contribution in [0.2, 0.25) is 0 Å². The van der Waals surface area contributed by atoms with Crippen LogP contribution in [0.15, 0.2) is 53.9 Å². The lowest BCUT2D eigenvalue weighted by Crippen LogP contribution is -2.22. The molecular formula is C21H20N2O4S. The van der Waals surface area contributed by atoms with E-state index in [-0.39, 0.29) is 18.3 Å². The van der Waals surface area contributed by atoms with Gasteiger partial charge in [-0.3, -0.25) is 14.5 Å². The topological polar surface area (TPSA) is 68.7 Å². The van der Waals surface area contributed by atoms with Gasteiger partial charge in [-0.05, 0) is 37.3 Å². The van der Waals surface area contributed by atoms with Gasteiger partial charge in [-0.25, -0.2) is 4.98 Å². The van der Waals surface area contributed by atoms with Crippen molar-refractivity contribution in [2.45, 2.75) is 20.5 Å². The fourth-order valence-corrected chi connectivity index (χ4v) is 3.50. The third-order valence-electron chi connectivity index (χ3n) is 4.01. The highest BCUT2D eigenvalue weighted by molar-refractivity contribution is 7.14. The Morgan fingerprint density at radius 2 is 1.82 bits per heavy atom. The average Bonchev–Trinajstić information content (AvgIpc) is 3.15. The summed E-state index contributed by atoms with van der Waals surface area (Å²) in [6, 6.07) is 14.4. The molecule has 3 aromatic rings. The van der Waals surface area contributed by atoms with Gasteiger partial charge in [0.1, 0.15) is 6.61 Å². The van der Waals surface area contributed by atoms with Gasteiger partial charge >= 0.3 is 0 Å². The average molecular weight is 396 g/mol. The maximum absolute atomic E-state index is 12.1. The van der Waals surface area contributed by atoms with Crippen molar-refractivity contribution < 1.29 is 19.1 Å². The number of hydrogen-bond donors (Lipinski definition) is 0. The molecule has 1 amide bonds. The van der Waals surface area contributed by atoms with Crippen LogP contribution < -0.4 is 14.4 Å². The molecule has 0 aliphatic rings. The standard InChI is InChI=1S/C21H20N2O4S/c1-14(24)16-9-10-19(20(11-16)26-3)27-12-17-13-28-21(22-17)23(15(2)25)18-7-5-4-6-8-18/h4-11,13H,12H2,1-3H3. The van der Waals surface area contributed by atoms with E-state index in [1.165, 1.54) is 32.3 Å². The molecule has 6 nitrogen and oxygen atoms in total. The Hall–Kier alpha value is -3.19. The van der Waals surface area contributed by atoms with Crippen LogP contribution >= 0.6 is 11.3 Å². The number of nitrogens with zero attached hydrogens (tertiary/aromatic N) is 2. The van der Waals surface area contributed by atoms with Crippen molar-refractivity contribution in [1.29, 1.82) is 0 Å². The fourth-order valence-electron chi connectivity index (χ4n) is 2.63. The fraction of sp³-hybridized carbons (Fsp3) is 0.190. The van der Waals surface area contributed by atoms with Gasteiger partial charge in [-0.2, -0.15) is 0 Å². The zero-order valence-electron chi connectivity index (χ0n) is 15.8. The molecule has 0 bridgehead atoms. The van der Waals surface area contributed by atoms with Crippen LogP contribution in [0.4, 0.5) is 10.8 Å². The molecule has 28 heavy (non-hydrogen) atoms. The smallest absolute Gasteiger partial charge is 0.230 e. The monoisotopic (exact) mass is 396 g/mol. The van der Waals surface area contributed by atoms with Crippen molar-refractivity contribution in [3.8, 4) is 11.5 Å². The minimum absolute atomic E-state index is 0.0424. The van der Waals surface area contributed by atoms with E-state index in [2.05, 4.69) is 4.98 Å². The molecule has 7 heteroatoms. The first kappa shape index (κ1) is 19.6. The Labute approximate surface area is 167 Å². The maximum atomic E-state index is 12.1. The van der Waals surface area contributed by atoms with Gasteiger partial charge in [-0.15, -0.1) is 11.3 Å². The Bertz CT molecular complexity index is 985. The Morgan fingerprint density at radius 1 is 1.07 bits per heavy atom. The van der Waals surface area contributed by atoms with Gasteiger partial charge < -0.3 is 9.47 Å². The summed E-state index contributed by atoms with van der Waals surface area (Å²) < 4.78 is 11.1. The van der Waals surface area contributed by atoms with Crippen LogP contribution in [0.25, 0.3) is 0 Å². The maximum Gasteiger partial charge on any atom is 0.230 e. The molecule has 1 heterocycles. The van der Waals surface area contributed by atoms with Crippen molar-refractivity contribution in [2.24, 2.45) is 0 Å². The summed E-state index contributed by atoms with van der Waals surface area (Å²) in [5, 5.41) is 2.43. The zero-order valence-corrected chi connectivity index (χ0v) is 16.7. The van der Waals surface area contributed by atoms with E-state index in [4.69, 9.17) is 9.47 Å². The van der Waals surface area contributed by atoms with E-state index in [1.807, 2.05) is 35.7 Å². The molecule has 0 saturated heterocycles. The number of rotatable bonds is 7. The second kappa shape index (κ2) is 8.67. The minimum Gasteiger partial charge on any atom is -0.493 e. The number of thiazole rings is 1. The SMILES string of the molecule is COc1cc(C(C)=O)ccc1OCc1csc(N(C(C)=O)c2ccccc2)n1. The number of ketones is 1. The summed E-state index contributed by atoms with van der Waals surface area (Å²) in [6.45, 7) is 3.22. The molecule has 0 spiro atoms. The molecule has 0 fully saturated rings. The molecule has 0 saturated carbocycles. The molecule has 0 unspecified atom stereocenters. The van der Waals surface area contributed by atoms with Gasteiger partial charge in [0, 0.05) is 17.9 Å². The van der Waals surface area contributed by atoms with E-state index in [1.54, 1.807) is 23.1 Å². The summed E-state index contributed by atoms with van der Waals surface area (Å²) in [6.07, 6.45) is 0. The largest absolute Gasteiger partial charge is 0.493 e. The van der Waals surface area contributed by atoms with Crippen molar-refractivity contribution in [3.63, 3.8) is 0 Å².